The van der Waals surface area contributed by atoms with E-state index < -0.39 is 29.5 Å². The number of ether oxygens (including phenoxy) is 1. The first-order chi connectivity index (χ1) is 17.1. The summed E-state index contributed by atoms with van der Waals surface area (Å²) in [6, 6.07) is 18.7. The summed E-state index contributed by atoms with van der Waals surface area (Å²) in [6.07, 6.45) is -4.60. The molecule has 0 radical (unpaired) electrons. The molecule has 3 aromatic rings. The lowest BCUT2D eigenvalue weighted by molar-refractivity contribution is -0.140. The molecule has 36 heavy (non-hydrogen) atoms. The number of nitrogens with zero attached hydrogens (tertiary/aromatic N) is 1. The minimum atomic E-state index is -4.55. The Balaban J connectivity index is 1.77. The normalized spacial score (nSPS) is 17.6. The topological polar surface area (TPSA) is 66.8 Å². The van der Waals surface area contributed by atoms with Gasteiger partial charge in [0.2, 0.25) is 0 Å². The fourth-order valence-electron chi connectivity index (χ4n) is 4.19. The number of benzene rings is 3. The first-order valence-corrected chi connectivity index (χ1v) is 11.3. The fourth-order valence-corrected chi connectivity index (χ4v) is 4.19. The van der Waals surface area contributed by atoms with E-state index in [0.29, 0.717) is 16.9 Å². The molecule has 186 valence electrons. The van der Waals surface area contributed by atoms with Gasteiger partial charge in [0, 0.05) is 12.1 Å². The predicted octanol–water partition coefficient (Wildman–Crippen LogP) is 6.11. The minimum Gasteiger partial charge on any atom is -0.507 e. The molecule has 4 rings (SSSR count). The Morgan fingerprint density at radius 2 is 1.64 bits per heavy atom. The van der Waals surface area contributed by atoms with Crippen LogP contribution in [0.15, 0.2) is 84.4 Å². The highest BCUT2D eigenvalue weighted by Gasteiger charge is 2.46. The molecule has 1 unspecified atom stereocenters. The van der Waals surface area contributed by atoms with E-state index >= 15 is 0 Å². The van der Waals surface area contributed by atoms with Gasteiger partial charge in [-0.1, -0.05) is 42.5 Å². The second-order valence-electron chi connectivity index (χ2n) is 8.73. The monoisotopic (exact) mass is 495 g/mol. The van der Waals surface area contributed by atoms with Crippen molar-refractivity contribution in [1.82, 2.24) is 4.90 Å². The standard InChI is InChI=1S/C28H24F3NO4/c1-17(2)36-22-13-11-20(12-14-22)25(33)23-24(19-8-4-3-5-9-19)32(27(35)26(23)34)16-18-7-6-10-21(15-18)28(29,30)31/h3-15,17,24,33H,16H2,1-2H3/b25-23+. The number of ketones is 1. The number of carbonyl (C=O) groups excluding carboxylic acids is 2. The third kappa shape index (κ3) is 5.12. The fraction of sp³-hybridized carbons (Fsp3) is 0.214. The molecule has 0 aliphatic carbocycles. The first-order valence-electron chi connectivity index (χ1n) is 11.3. The van der Waals surface area contributed by atoms with Gasteiger partial charge in [0.15, 0.2) is 0 Å². The quantitative estimate of drug-likeness (QED) is 0.254. The maximum atomic E-state index is 13.2. The summed E-state index contributed by atoms with van der Waals surface area (Å²) in [5, 5.41) is 11.1. The van der Waals surface area contributed by atoms with Crippen LogP contribution < -0.4 is 4.74 Å². The van der Waals surface area contributed by atoms with Crippen LogP contribution in [0.5, 0.6) is 5.75 Å². The zero-order valence-corrected chi connectivity index (χ0v) is 19.6. The molecule has 1 N–H and O–H groups in total. The molecular formula is C28H24F3NO4. The van der Waals surface area contributed by atoms with E-state index in [0.717, 1.165) is 12.1 Å². The molecule has 1 atom stereocenters. The number of rotatable bonds is 6. The molecule has 0 bridgehead atoms. The van der Waals surface area contributed by atoms with Crippen LogP contribution in [0.3, 0.4) is 0 Å². The van der Waals surface area contributed by atoms with Gasteiger partial charge < -0.3 is 14.7 Å². The van der Waals surface area contributed by atoms with Crippen LogP contribution in [-0.4, -0.2) is 27.8 Å². The van der Waals surface area contributed by atoms with Gasteiger partial charge in [0.1, 0.15) is 11.5 Å². The summed E-state index contributed by atoms with van der Waals surface area (Å²) in [5.41, 5.74) is 0.0872. The maximum Gasteiger partial charge on any atom is 0.416 e. The minimum absolute atomic E-state index is 0.0521. The van der Waals surface area contributed by atoms with E-state index in [1.54, 1.807) is 54.6 Å². The highest BCUT2D eigenvalue weighted by Crippen LogP contribution is 2.40. The van der Waals surface area contributed by atoms with Crippen LogP contribution in [0.2, 0.25) is 0 Å². The van der Waals surface area contributed by atoms with E-state index in [-0.39, 0.29) is 29.5 Å². The van der Waals surface area contributed by atoms with Crippen LogP contribution in [0.4, 0.5) is 13.2 Å². The molecule has 3 aromatic carbocycles. The third-order valence-corrected chi connectivity index (χ3v) is 5.76. The summed E-state index contributed by atoms with van der Waals surface area (Å²) in [5.74, 6) is -1.60. The summed E-state index contributed by atoms with van der Waals surface area (Å²) in [7, 11) is 0. The molecule has 1 aliphatic rings. The number of halogens is 3. The van der Waals surface area contributed by atoms with Crippen molar-refractivity contribution in [3.8, 4) is 5.75 Å². The van der Waals surface area contributed by atoms with Crippen LogP contribution in [0, 0.1) is 0 Å². The Kier molecular flexibility index (Phi) is 6.88. The molecule has 1 fully saturated rings. The number of hydrogen-bond acceptors (Lipinski definition) is 4. The van der Waals surface area contributed by atoms with Gasteiger partial charge in [-0.25, -0.2) is 0 Å². The number of likely N-dealkylation sites (tertiary alicyclic amines) is 1. The van der Waals surface area contributed by atoms with Crippen LogP contribution in [-0.2, 0) is 22.3 Å². The molecule has 8 heteroatoms. The zero-order chi connectivity index (χ0) is 26.0. The maximum absolute atomic E-state index is 13.2. The smallest absolute Gasteiger partial charge is 0.416 e. The van der Waals surface area contributed by atoms with E-state index in [2.05, 4.69) is 0 Å². The Morgan fingerprint density at radius 1 is 0.972 bits per heavy atom. The zero-order valence-electron chi connectivity index (χ0n) is 19.6. The van der Waals surface area contributed by atoms with Crippen molar-refractivity contribution in [2.75, 3.05) is 0 Å². The average molecular weight is 495 g/mol. The summed E-state index contributed by atoms with van der Waals surface area (Å²) < 4.78 is 45.3. The van der Waals surface area contributed by atoms with E-state index in [1.165, 1.54) is 17.0 Å². The lowest BCUT2D eigenvalue weighted by Crippen LogP contribution is -2.29. The number of alkyl halides is 3. The number of hydrogen-bond donors (Lipinski definition) is 1. The largest absolute Gasteiger partial charge is 0.507 e. The van der Waals surface area contributed by atoms with Gasteiger partial charge in [-0.15, -0.1) is 0 Å². The third-order valence-electron chi connectivity index (χ3n) is 5.76. The molecule has 0 saturated carbocycles. The van der Waals surface area contributed by atoms with Gasteiger partial charge in [-0.05, 0) is 61.4 Å². The van der Waals surface area contributed by atoms with E-state index in [9.17, 15) is 27.9 Å². The first kappa shape index (κ1) is 25.0. The van der Waals surface area contributed by atoms with Crippen molar-refractivity contribution in [3.05, 3.63) is 107 Å². The van der Waals surface area contributed by atoms with Crippen molar-refractivity contribution in [2.45, 2.75) is 38.7 Å². The van der Waals surface area contributed by atoms with Gasteiger partial charge in [0.05, 0.1) is 23.3 Å². The highest BCUT2D eigenvalue weighted by molar-refractivity contribution is 6.46. The Morgan fingerprint density at radius 3 is 2.25 bits per heavy atom. The molecule has 0 aromatic heterocycles. The average Bonchev–Trinajstić information content (AvgIpc) is 3.09. The lowest BCUT2D eigenvalue weighted by atomic mass is 9.95. The van der Waals surface area contributed by atoms with Crippen molar-refractivity contribution in [2.24, 2.45) is 0 Å². The van der Waals surface area contributed by atoms with E-state index in [1.807, 2.05) is 13.8 Å². The predicted molar refractivity (Wildman–Crippen MR) is 128 cm³/mol. The van der Waals surface area contributed by atoms with Gasteiger partial charge in [-0.3, -0.25) is 9.59 Å². The molecule has 1 aliphatic heterocycles. The summed E-state index contributed by atoms with van der Waals surface area (Å²) in [6.45, 7) is 3.51. The number of aliphatic hydroxyl groups excluding tert-OH is 1. The second kappa shape index (κ2) is 9.89. The Bertz CT molecular complexity index is 1300. The van der Waals surface area contributed by atoms with Crippen molar-refractivity contribution < 1.29 is 32.6 Å². The molecular weight excluding hydrogens is 471 g/mol. The highest BCUT2D eigenvalue weighted by atomic mass is 19.4. The molecule has 5 nitrogen and oxygen atoms in total. The van der Waals surface area contributed by atoms with Crippen molar-refractivity contribution in [3.63, 3.8) is 0 Å². The van der Waals surface area contributed by atoms with Gasteiger partial charge >= 0.3 is 6.18 Å². The second-order valence-corrected chi connectivity index (χ2v) is 8.73. The molecule has 0 spiro atoms. The SMILES string of the molecule is CC(C)Oc1ccc(/C(O)=C2\C(=O)C(=O)N(Cc3cccc(C(F)(F)F)c3)C2c2ccccc2)cc1. The van der Waals surface area contributed by atoms with E-state index in [4.69, 9.17) is 4.74 Å². The molecule has 1 heterocycles. The van der Waals surface area contributed by atoms with Crippen molar-refractivity contribution in [1.29, 1.82) is 0 Å². The van der Waals surface area contributed by atoms with Gasteiger partial charge in [-0.2, -0.15) is 13.2 Å². The number of Topliss-reactive ketones (excluding diaryl/α,β-unsaturated/α-hetero) is 1. The van der Waals surface area contributed by atoms with Crippen LogP contribution in [0.25, 0.3) is 5.76 Å². The Hall–Kier alpha value is -4.07. The number of aliphatic hydroxyl groups is 1. The van der Waals surface area contributed by atoms with Gasteiger partial charge in [0.25, 0.3) is 11.7 Å². The summed E-state index contributed by atoms with van der Waals surface area (Å²) >= 11 is 0. The summed E-state index contributed by atoms with van der Waals surface area (Å²) in [4.78, 5) is 27.4. The molecule has 1 amide bonds. The van der Waals surface area contributed by atoms with Crippen LogP contribution in [0.1, 0.15) is 42.1 Å². The number of carbonyl (C=O) groups is 2. The number of amides is 1. The molecule has 1 saturated heterocycles. The lowest BCUT2D eigenvalue weighted by Gasteiger charge is -2.25. The van der Waals surface area contributed by atoms with Crippen LogP contribution >= 0.6 is 0 Å². The Labute approximate surface area is 206 Å². The van der Waals surface area contributed by atoms with Crippen molar-refractivity contribution >= 4 is 17.4 Å².